The first-order valence-electron chi connectivity index (χ1n) is 39.5. The van der Waals surface area contributed by atoms with E-state index in [1.54, 1.807) is 0 Å². The number of rotatable bonds is 20. The summed E-state index contributed by atoms with van der Waals surface area (Å²) >= 11 is 0. The molecule has 0 unspecified atom stereocenters. The van der Waals surface area contributed by atoms with Crippen molar-refractivity contribution in [2.75, 3.05) is 0 Å². The molecule has 4 nitrogen and oxygen atoms in total. The van der Waals surface area contributed by atoms with Gasteiger partial charge in [0.25, 0.3) is 0 Å². The molecule has 0 atom stereocenters. The Balaban J connectivity index is 0.000000144. The van der Waals surface area contributed by atoms with Crippen LogP contribution in [0.25, 0.3) is 22.7 Å². The molecule has 2 aromatic heterocycles. The van der Waals surface area contributed by atoms with E-state index in [1.165, 1.54) is 128 Å². The molecule has 0 aliphatic carbocycles. The second-order valence-electron chi connectivity index (χ2n) is 31.5. The van der Waals surface area contributed by atoms with Crippen molar-refractivity contribution in [1.82, 2.24) is 8.66 Å². The smallest absolute Gasteiger partial charge is 0.195 e. The second kappa shape index (κ2) is 36.8. The number of aromatic nitrogens is 4. The highest BCUT2D eigenvalue weighted by molar-refractivity contribution is 7.20. The summed E-state index contributed by atoms with van der Waals surface area (Å²) in [6, 6.07) is 114. The maximum atomic E-state index is 2.42. The van der Waals surface area contributed by atoms with E-state index in [1.807, 2.05) is 0 Å². The number of benzene rings is 12. The van der Waals surface area contributed by atoms with Crippen LogP contribution in [0.2, 0.25) is 0 Å². The molecular formula is C100H112B2N4P2. The number of nitrogens with zero attached hydrogens (tertiary/aromatic N) is 4. The van der Waals surface area contributed by atoms with E-state index < -0.39 is 12.3 Å². The van der Waals surface area contributed by atoms with Gasteiger partial charge in [0.2, 0.25) is 0 Å². The molecule has 14 aromatic rings. The van der Waals surface area contributed by atoms with Gasteiger partial charge in [0, 0.05) is 44.5 Å². The van der Waals surface area contributed by atoms with Crippen LogP contribution in [0.3, 0.4) is 0 Å². The van der Waals surface area contributed by atoms with Crippen LogP contribution in [0.15, 0.2) is 340 Å². The minimum Gasteiger partial charge on any atom is -0.195 e. The third-order valence-electron chi connectivity index (χ3n) is 21.8. The Morgan fingerprint density at radius 1 is 0.204 bits per heavy atom. The summed E-state index contributed by atoms with van der Waals surface area (Å²) in [6.45, 7) is 36.7. The van der Waals surface area contributed by atoms with Gasteiger partial charge in [0.15, 0.2) is 0 Å². The van der Waals surface area contributed by atoms with Crippen molar-refractivity contribution >= 4 is 73.0 Å². The van der Waals surface area contributed by atoms with Crippen molar-refractivity contribution in [3.05, 3.63) is 385 Å². The SMILES string of the molecule is CC(C)c1cccc(C(C)C)c1-n1cc[n+](-c2c(C(C)C)cccc2C(C)C)p1.CC(C)c1cccc(C(C)C)c1-n1cc[n+](-c2c(C(C)C)cccc2C(C)C)p1.c1ccc([B-](c2ccccc2)(c2ccccc2)c2ccccc2)cc1.c1ccc([B-](c2ccccc2)(c2ccccc2)c2ccccc2)cc1. The van der Waals surface area contributed by atoms with Crippen molar-refractivity contribution in [2.45, 2.75) is 158 Å². The number of hydrogen-bond donors (Lipinski definition) is 0. The van der Waals surface area contributed by atoms with Crippen LogP contribution in [0.5, 0.6) is 0 Å². The summed E-state index contributed by atoms with van der Waals surface area (Å²) in [5.74, 6) is 3.97. The van der Waals surface area contributed by atoms with Gasteiger partial charge in [-0.05, 0) is 47.3 Å². The molecule has 0 spiro atoms. The van der Waals surface area contributed by atoms with E-state index in [0.717, 1.165) is 0 Å². The fourth-order valence-electron chi connectivity index (χ4n) is 16.4. The third-order valence-corrected chi connectivity index (χ3v) is 23.9. The summed E-state index contributed by atoms with van der Waals surface area (Å²) < 4.78 is 9.69. The van der Waals surface area contributed by atoms with Gasteiger partial charge in [-0.25, -0.2) is 0 Å². The largest absolute Gasteiger partial charge is 0.357 e. The van der Waals surface area contributed by atoms with Crippen LogP contribution < -0.4 is 52.4 Å². The Morgan fingerprint density at radius 3 is 0.519 bits per heavy atom. The van der Waals surface area contributed by atoms with Crippen molar-refractivity contribution in [1.29, 1.82) is 0 Å². The van der Waals surface area contributed by atoms with Crippen LogP contribution in [0.1, 0.15) is 203 Å². The van der Waals surface area contributed by atoms with Gasteiger partial charge in [-0.15, -0.1) is 0 Å². The molecule has 0 saturated carbocycles. The highest BCUT2D eigenvalue weighted by Gasteiger charge is 2.34. The summed E-state index contributed by atoms with van der Waals surface area (Å²) in [5, 5.41) is 0. The molecule has 548 valence electrons. The number of hydrogen-bond acceptors (Lipinski definition) is 0. The molecule has 108 heavy (non-hydrogen) atoms. The standard InChI is InChI=1S/2C26H36N2P.2C24H20B/c2*1-17(2)21-11-9-12-22(18(3)4)25(21)27-15-16-28(29-27)26-23(19(5)6)13-10-14-24(26)20(7)8;2*1-5-13-21(14-6-1)25(22-15-7-2-8-16-22,23-17-9-3-10-18-23)24-19-11-4-12-20-24/h2*9-20H,1-8H3;2*1-20H/q2*+1;2*-1. The molecule has 0 amide bonds. The monoisotopic (exact) mass is 1450 g/mol. The minimum absolute atomic E-state index is 0.496. The van der Waals surface area contributed by atoms with Crippen LogP contribution in [0, 0.1) is 0 Å². The Hall–Kier alpha value is -9.95. The zero-order chi connectivity index (χ0) is 76.5. The molecule has 0 saturated heterocycles. The first-order valence-corrected chi connectivity index (χ1v) is 41.1. The molecule has 0 radical (unpaired) electrons. The Morgan fingerprint density at radius 2 is 0.361 bits per heavy atom. The van der Waals surface area contributed by atoms with E-state index in [0.29, 0.717) is 47.3 Å². The first-order chi connectivity index (χ1) is 52.3. The average molecular weight is 1450 g/mol. The summed E-state index contributed by atoms with van der Waals surface area (Å²) in [6.07, 6.45) is 6.61. The highest BCUT2D eigenvalue weighted by Crippen LogP contribution is 2.37. The normalized spacial score (nSPS) is 11.8. The van der Waals surface area contributed by atoms with Crippen molar-refractivity contribution in [3.63, 3.8) is 0 Å². The molecule has 14 rings (SSSR count). The fraction of sp³-hybridized carbons (Fsp3) is 0.240. The Kier molecular flexibility index (Phi) is 26.9. The third kappa shape index (κ3) is 17.3. The molecule has 8 heteroatoms. The zero-order valence-electron chi connectivity index (χ0n) is 66.8. The van der Waals surface area contributed by atoms with Crippen LogP contribution in [0.4, 0.5) is 0 Å². The maximum absolute atomic E-state index is 2.42. The van der Waals surface area contributed by atoms with Gasteiger partial charge in [0.1, 0.15) is 59.8 Å². The molecule has 0 N–H and O–H groups in total. The van der Waals surface area contributed by atoms with E-state index in [4.69, 9.17) is 0 Å². The molecular weight excluding hydrogens is 1340 g/mol. The van der Waals surface area contributed by atoms with Crippen molar-refractivity contribution in [2.24, 2.45) is 0 Å². The highest BCUT2D eigenvalue weighted by atomic mass is 31.1. The Labute approximate surface area is 651 Å². The lowest BCUT2D eigenvalue weighted by Gasteiger charge is -2.44. The van der Waals surface area contributed by atoms with E-state index in [2.05, 4.69) is 468 Å². The van der Waals surface area contributed by atoms with Crippen LogP contribution in [-0.4, -0.2) is 21.0 Å². The lowest BCUT2D eigenvalue weighted by Crippen LogP contribution is -2.74. The summed E-state index contributed by atoms with van der Waals surface area (Å²) in [7, 11) is 2.36. The van der Waals surface area contributed by atoms with Gasteiger partial charge in [-0.2, -0.15) is 61.0 Å². The minimum atomic E-state index is -1.22. The molecule has 0 aliphatic heterocycles. The van der Waals surface area contributed by atoms with Crippen molar-refractivity contribution in [3.8, 4) is 22.7 Å². The second-order valence-corrected chi connectivity index (χ2v) is 33.6. The van der Waals surface area contributed by atoms with Gasteiger partial charge in [-0.1, -0.05) is 426 Å². The lowest BCUT2D eigenvalue weighted by atomic mass is 9.13. The lowest BCUT2D eigenvalue weighted by molar-refractivity contribution is -0.519. The quantitative estimate of drug-likeness (QED) is 0.0677. The average Bonchev–Trinajstić information content (AvgIpc) is 1.01. The molecule has 2 heterocycles. The van der Waals surface area contributed by atoms with Crippen LogP contribution in [-0.2, 0) is 0 Å². The van der Waals surface area contributed by atoms with Gasteiger partial charge >= 0.3 is 17.0 Å². The fourth-order valence-corrected chi connectivity index (χ4v) is 18.6. The summed E-state index contributed by atoms with van der Waals surface area (Å²) in [4.78, 5) is 0. The van der Waals surface area contributed by atoms with Gasteiger partial charge < -0.3 is 0 Å². The van der Waals surface area contributed by atoms with E-state index >= 15 is 0 Å². The van der Waals surface area contributed by atoms with E-state index in [9.17, 15) is 0 Å². The zero-order valence-corrected chi connectivity index (χ0v) is 68.6. The Bertz CT molecular complexity index is 4180. The van der Waals surface area contributed by atoms with Gasteiger partial charge in [0.05, 0.1) is 0 Å². The predicted molar refractivity (Wildman–Crippen MR) is 472 cm³/mol. The topological polar surface area (TPSA) is 17.6 Å². The summed E-state index contributed by atoms with van der Waals surface area (Å²) in [5.41, 5.74) is 27.7. The predicted octanol–water partition coefficient (Wildman–Crippen LogP) is 21.8. The van der Waals surface area contributed by atoms with Crippen LogP contribution >= 0.6 is 17.0 Å². The molecule has 0 bridgehead atoms. The molecule has 0 aliphatic rings. The molecule has 12 aromatic carbocycles. The van der Waals surface area contributed by atoms with E-state index in [-0.39, 0.29) is 0 Å². The first kappa shape index (κ1) is 79.1. The molecule has 0 fully saturated rings. The maximum Gasteiger partial charge on any atom is 0.357 e. The number of para-hydroxylation sites is 4. The van der Waals surface area contributed by atoms with Gasteiger partial charge in [-0.3, -0.25) is 0 Å². The van der Waals surface area contributed by atoms with Crippen molar-refractivity contribution < 1.29 is 8.66 Å².